The van der Waals surface area contributed by atoms with E-state index in [4.69, 9.17) is 11.0 Å². The summed E-state index contributed by atoms with van der Waals surface area (Å²) in [7, 11) is 0. The van der Waals surface area contributed by atoms with Gasteiger partial charge in [-0.05, 0) is 81.0 Å². The molecule has 0 aromatic rings. The fourth-order valence-electron chi connectivity index (χ4n) is 6.19. The normalized spacial score (nSPS) is 60.6. The number of fused-ring (bicyclic) bond motifs is 5. The predicted octanol–water partition coefficient (Wildman–Crippen LogP) is 3.84. The fraction of sp³-hybridized carbons (Fsp3) is 0.810. The maximum Gasteiger partial charge on any atom is 0.161 e. The van der Waals surface area contributed by atoms with Crippen LogP contribution in [0.15, 0.2) is 11.6 Å². The van der Waals surface area contributed by atoms with E-state index in [1.807, 2.05) is 0 Å². The number of Topliss-reactive ketones (excluding diaryl/α,β-unsaturated/α-hetero) is 1. The van der Waals surface area contributed by atoms with Crippen LogP contribution in [0.1, 0.15) is 82.9 Å². The van der Waals surface area contributed by atoms with Crippen LogP contribution in [0, 0.1) is 28.6 Å². The van der Waals surface area contributed by atoms with E-state index >= 15 is 0 Å². The van der Waals surface area contributed by atoms with Gasteiger partial charge in [-0.3, -0.25) is 9.59 Å². The molecule has 3 saturated carbocycles. The highest BCUT2D eigenvalue weighted by molar-refractivity contribution is 5.91. The summed E-state index contributed by atoms with van der Waals surface area (Å²) in [5.41, 5.74) is -4.02. The van der Waals surface area contributed by atoms with Gasteiger partial charge in [0, 0.05) is 21.4 Å². The lowest BCUT2D eigenvalue weighted by Gasteiger charge is -2.58. The molecule has 3 heteroatoms. The van der Waals surface area contributed by atoms with Gasteiger partial charge in [-0.2, -0.15) is 0 Å². The van der Waals surface area contributed by atoms with E-state index in [9.17, 15) is 14.7 Å². The minimum absolute atomic E-state index is 0.0000273. The minimum Gasteiger partial charge on any atom is -0.382 e. The van der Waals surface area contributed by atoms with Crippen molar-refractivity contribution in [1.29, 1.82) is 0 Å². The number of rotatable bonds is 1. The van der Waals surface area contributed by atoms with Gasteiger partial charge >= 0.3 is 0 Å². The zero-order valence-corrected chi connectivity index (χ0v) is 14.2. The van der Waals surface area contributed by atoms with Gasteiger partial charge in [-0.1, -0.05) is 19.4 Å². The molecule has 0 aromatic carbocycles. The number of hydrogen-bond donors (Lipinski definition) is 1. The third-order valence-corrected chi connectivity index (χ3v) is 7.72. The SMILES string of the molecule is [2H]C1=C2C([2H])([2H])C[C@@H]3[C@H](CC[C@@]4(C)[C@H]3CC[C@]4(O)C(=O)C([2H])([2H])[2H])[C@@]2(C)CC([2H])([2H])C1=O. The molecule has 0 aromatic heterocycles. The van der Waals surface area contributed by atoms with Gasteiger partial charge in [0.25, 0.3) is 0 Å². The number of ketones is 2. The van der Waals surface area contributed by atoms with Gasteiger partial charge in [-0.25, -0.2) is 0 Å². The van der Waals surface area contributed by atoms with Crippen LogP contribution < -0.4 is 0 Å². The van der Waals surface area contributed by atoms with Crippen LogP contribution in [0.5, 0.6) is 0 Å². The zero-order valence-electron chi connectivity index (χ0n) is 22.2. The molecule has 0 heterocycles. The summed E-state index contributed by atoms with van der Waals surface area (Å²) >= 11 is 0. The zero-order chi connectivity index (χ0) is 24.3. The molecular weight excluding hydrogens is 300 g/mol. The van der Waals surface area contributed by atoms with E-state index < -0.39 is 53.6 Å². The van der Waals surface area contributed by atoms with Crippen molar-refractivity contribution in [1.82, 2.24) is 0 Å². The first kappa shape index (κ1) is 9.66. The second-order valence-corrected chi connectivity index (χ2v) is 8.54. The number of hydrogen-bond acceptors (Lipinski definition) is 3. The van der Waals surface area contributed by atoms with Crippen LogP contribution in [0.4, 0.5) is 0 Å². The van der Waals surface area contributed by atoms with Crippen LogP contribution >= 0.6 is 0 Å². The molecule has 6 atom stereocenters. The number of carbonyl (C=O) groups is 2. The first-order valence-electron chi connectivity index (χ1n) is 12.9. The van der Waals surface area contributed by atoms with Crippen molar-refractivity contribution in [3.63, 3.8) is 0 Å². The molecule has 4 rings (SSSR count). The summed E-state index contributed by atoms with van der Waals surface area (Å²) in [6, 6.07) is -0.568. The van der Waals surface area contributed by atoms with Crippen LogP contribution in [0.2, 0.25) is 0 Å². The van der Waals surface area contributed by atoms with Crippen molar-refractivity contribution in [3.8, 4) is 0 Å². The third kappa shape index (κ3) is 1.88. The number of allylic oxidation sites excluding steroid dienone is 1. The summed E-state index contributed by atoms with van der Waals surface area (Å²) in [5.74, 6) is -3.01. The molecule has 0 amide bonds. The second kappa shape index (κ2) is 5.03. The quantitative estimate of drug-likeness (QED) is 0.790. The molecule has 24 heavy (non-hydrogen) atoms. The summed E-state index contributed by atoms with van der Waals surface area (Å²) in [5, 5.41) is 11.4. The van der Waals surface area contributed by atoms with E-state index in [2.05, 4.69) is 0 Å². The van der Waals surface area contributed by atoms with Crippen molar-refractivity contribution in [2.75, 3.05) is 0 Å². The van der Waals surface area contributed by atoms with Gasteiger partial charge in [0.1, 0.15) is 5.60 Å². The highest BCUT2D eigenvalue weighted by Crippen LogP contribution is 2.67. The molecule has 1 N–H and O–H groups in total. The lowest BCUT2D eigenvalue weighted by molar-refractivity contribution is -0.160. The van der Waals surface area contributed by atoms with Crippen LogP contribution in [0.3, 0.4) is 0 Å². The maximum atomic E-state index is 12.8. The molecular formula is C21H30O3. The Morgan fingerprint density at radius 3 is 2.75 bits per heavy atom. The lowest BCUT2D eigenvalue weighted by atomic mass is 9.46. The third-order valence-electron chi connectivity index (χ3n) is 7.72. The summed E-state index contributed by atoms with van der Waals surface area (Å²) < 4.78 is 64.9. The molecule has 0 spiro atoms. The smallest absolute Gasteiger partial charge is 0.161 e. The molecule has 3 nitrogen and oxygen atoms in total. The Morgan fingerprint density at radius 1 is 1.25 bits per heavy atom. The highest BCUT2D eigenvalue weighted by Gasteiger charge is 2.65. The van der Waals surface area contributed by atoms with Crippen molar-refractivity contribution in [3.05, 3.63) is 11.6 Å². The Labute approximate surface area is 156 Å². The van der Waals surface area contributed by atoms with E-state index in [0.717, 1.165) is 0 Å². The Morgan fingerprint density at radius 2 is 2.00 bits per heavy atom. The first-order chi connectivity index (χ1) is 14.3. The molecule has 0 bridgehead atoms. The molecule has 0 radical (unpaired) electrons. The van der Waals surface area contributed by atoms with Crippen molar-refractivity contribution in [2.45, 2.75) is 77.6 Å². The predicted molar refractivity (Wildman–Crippen MR) is 92.3 cm³/mol. The van der Waals surface area contributed by atoms with Crippen LogP contribution in [-0.4, -0.2) is 22.3 Å². The van der Waals surface area contributed by atoms with Crippen molar-refractivity contribution < 1.29 is 25.7 Å². The second-order valence-electron chi connectivity index (χ2n) is 8.54. The molecule has 3 fully saturated rings. The van der Waals surface area contributed by atoms with Gasteiger partial charge in [0.05, 0.1) is 1.37 Å². The summed E-state index contributed by atoms with van der Waals surface area (Å²) in [6.07, 6.45) is -3.33. The number of carbonyl (C=O) groups excluding carboxylic acids is 2. The molecule has 132 valence electrons. The van der Waals surface area contributed by atoms with Crippen molar-refractivity contribution >= 4 is 11.6 Å². The monoisotopic (exact) mass is 338 g/mol. The molecule has 0 aliphatic heterocycles. The van der Waals surface area contributed by atoms with Crippen molar-refractivity contribution in [2.24, 2.45) is 28.6 Å². The van der Waals surface area contributed by atoms with E-state index in [-0.39, 0.29) is 42.6 Å². The average Bonchev–Trinajstić information content (AvgIpc) is 2.89. The Balaban J connectivity index is 1.81. The van der Waals surface area contributed by atoms with E-state index in [1.54, 1.807) is 13.8 Å². The number of aliphatic hydroxyl groups is 1. The molecule has 4 aliphatic rings. The Bertz CT molecular complexity index is 924. The van der Waals surface area contributed by atoms with Crippen LogP contribution in [-0.2, 0) is 9.59 Å². The molecule has 0 unspecified atom stereocenters. The van der Waals surface area contributed by atoms with E-state index in [1.165, 1.54) is 0 Å². The summed E-state index contributed by atoms with van der Waals surface area (Å²) in [4.78, 5) is 25.3. The average molecular weight is 339 g/mol. The van der Waals surface area contributed by atoms with Gasteiger partial charge in [0.15, 0.2) is 11.6 Å². The van der Waals surface area contributed by atoms with Gasteiger partial charge < -0.3 is 5.11 Å². The Kier molecular flexibility index (Phi) is 2.02. The van der Waals surface area contributed by atoms with E-state index in [0.29, 0.717) is 19.3 Å². The first-order valence-corrected chi connectivity index (χ1v) is 8.87. The van der Waals surface area contributed by atoms with Gasteiger partial charge in [0.2, 0.25) is 0 Å². The topological polar surface area (TPSA) is 54.4 Å². The Hall–Kier alpha value is -0.960. The minimum atomic E-state index is -2.94. The summed E-state index contributed by atoms with van der Waals surface area (Å²) in [6.45, 7) is 0.535. The largest absolute Gasteiger partial charge is 0.382 e. The highest BCUT2D eigenvalue weighted by atomic mass is 16.3. The van der Waals surface area contributed by atoms with Crippen LogP contribution in [0.25, 0.3) is 0 Å². The maximum absolute atomic E-state index is 12.8. The van der Waals surface area contributed by atoms with Gasteiger partial charge in [-0.15, -0.1) is 0 Å². The molecule has 0 saturated heterocycles. The fourth-order valence-corrected chi connectivity index (χ4v) is 6.19. The standard InChI is InChI=1S/C21H30O3/c1-13(22)21(24)11-8-18-16-5-4-14-12-15(23)6-9-19(14,2)17(16)7-10-20(18,21)3/h12,16-18,24H,4-11H2,1-3H3/t16-,17+,18+,19+,20+,21+/m1/s1/i1D3,4D2,6D2,12D. The molecule has 4 aliphatic carbocycles. The lowest BCUT2D eigenvalue weighted by Crippen LogP contribution is -2.57.